The predicted molar refractivity (Wildman–Crippen MR) is 144 cm³/mol. The fourth-order valence-electron chi connectivity index (χ4n) is 4.97. The number of hydrogen-bond acceptors (Lipinski definition) is 8. The normalized spacial score (nSPS) is 22.8. The zero-order chi connectivity index (χ0) is 26.9. The second kappa shape index (κ2) is 10.7. The molecule has 2 N–H and O–H groups in total. The Bertz CT molecular complexity index is 1460. The van der Waals surface area contributed by atoms with Crippen molar-refractivity contribution in [3.63, 3.8) is 0 Å². The second-order valence-corrected chi connectivity index (χ2v) is 10.5. The molecule has 0 saturated carbocycles. The minimum Gasteiger partial charge on any atom is -0.392 e. The number of carbonyl (C=O) groups is 2. The fraction of sp³-hybridized carbons (Fsp3) is 0.241. The molecule has 4 unspecified atom stereocenters. The van der Waals surface area contributed by atoms with Gasteiger partial charge < -0.3 is 14.6 Å². The van der Waals surface area contributed by atoms with Crippen molar-refractivity contribution in [3.8, 4) is 0 Å². The topological polar surface area (TPSA) is 118 Å². The fourth-order valence-corrected chi connectivity index (χ4v) is 5.91. The summed E-state index contributed by atoms with van der Waals surface area (Å²) in [6.07, 6.45) is 0.235. The Balaban J connectivity index is 1.30. The van der Waals surface area contributed by atoms with Gasteiger partial charge in [0.05, 0.1) is 35.6 Å². The Morgan fingerprint density at radius 2 is 1.69 bits per heavy atom. The molecule has 9 nitrogen and oxygen atoms in total. The number of carbonyl (C=O) groups excluding carboxylic acids is 2. The third kappa shape index (κ3) is 4.87. The van der Waals surface area contributed by atoms with Gasteiger partial charge in [-0.05, 0) is 35.4 Å². The number of nitrogens with one attached hydrogen (secondary N) is 1. The molecule has 0 spiro atoms. The predicted octanol–water partition coefficient (Wildman–Crippen LogP) is 4.68. The van der Waals surface area contributed by atoms with Crippen LogP contribution >= 0.6 is 11.8 Å². The van der Waals surface area contributed by atoms with Crippen molar-refractivity contribution in [3.05, 3.63) is 107 Å². The number of aromatic amines is 1. The number of imide groups is 1. The number of ether oxygens (including phenoxy) is 2. The van der Waals surface area contributed by atoms with Crippen molar-refractivity contribution >= 4 is 29.3 Å². The van der Waals surface area contributed by atoms with Crippen molar-refractivity contribution in [1.82, 2.24) is 15.2 Å². The van der Waals surface area contributed by atoms with E-state index in [0.29, 0.717) is 33.3 Å². The summed E-state index contributed by atoms with van der Waals surface area (Å²) in [6.45, 7) is 2.05. The zero-order valence-electron chi connectivity index (χ0n) is 21.1. The van der Waals surface area contributed by atoms with E-state index in [9.17, 15) is 14.7 Å². The van der Waals surface area contributed by atoms with Crippen LogP contribution in [0.2, 0.25) is 0 Å². The maximum Gasteiger partial charge on any atom is 0.266 e. The Morgan fingerprint density at radius 3 is 2.36 bits per heavy atom. The van der Waals surface area contributed by atoms with E-state index in [4.69, 9.17) is 9.47 Å². The lowest BCUT2D eigenvalue weighted by atomic mass is 9.91. The molecule has 3 aromatic carbocycles. The third-order valence-corrected chi connectivity index (χ3v) is 8.06. The Hall–Kier alpha value is -3.83. The van der Waals surface area contributed by atoms with Crippen LogP contribution in [0.3, 0.4) is 0 Å². The van der Waals surface area contributed by atoms with Crippen molar-refractivity contribution in [1.29, 1.82) is 0 Å². The van der Waals surface area contributed by atoms with Crippen molar-refractivity contribution in [2.24, 2.45) is 5.92 Å². The maximum atomic E-state index is 13.1. The lowest BCUT2D eigenvalue weighted by Crippen LogP contribution is -2.38. The first-order valence-electron chi connectivity index (χ1n) is 12.6. The van der Waals surface area contributed by atoms with Crippen LogP contribution < -0.4 is 4.90 Å². The molecule has 0 aliphatic carbocycles. The Kier molecular flexibility index (Phi) is 7.01. The minimum absolute atomic E-state index is 0.00364. The van der Waals surface area contributed by atoms with Gasteiger partial charge in [0, 0.05) is 17.2 Å². The number of nitrogens with zero attached hydrogens (tertiary/aromatic N) is 3. The van der Waals surface area contributed by atoms with Crippen LogP contribution in [0.5, 0.6) is 0 Å². The largest absolute Gasteiger partial charge is 0.392 e. The monoisotopic (exact) mass is 542 g/mol. The quantitative estimate of drug-likeness (QED) is 0.255. The molecule has 0 bridgehead atoms. The van der Waals surface area contributed by atoms with E-state index in [1.807, 2.05) is 30.3 Å². The van der Waals surface area contributed by atoms with Gasteiger partial charge in [-0.1, -0.05) is 67.2 Å². The van der Waals surface area contributed by atoms with Crippen LogP contribution in [0, 0.1) is 5.92 Å². The standard InChI is InChI=1S/C29H26N4O5S/c1-17-24(15-39-29-30-16-31-32-29)37-28(38-25(17)19-11-9-18(14-34)10-12-19)20-5-4-6-21(13-20)33-26(35)22-7-2-3-8-23(22)27(33)36/h2-13,16-17,24-25,28,34H,14-15H2,1H3,(H,30,31,32). The number of benzene rings is 3. The summed E-state index contributed by atoms with van der Waals surface area (Å²) in [5, 5.41) is 17.0. The van der Waals surface area contributed by atoms with Gasteiger partial charge in [-0.3, -0.25) is 14.7 Å². The number of amides is 2. The van der Waals surface area contributed by atoms with E-state index in [0.717, 1.165) is 11.1 Å². The van der Waals surface area contributed by atoms with Gasteiger partial charge in [0.2, 0.25) is 0 Å². The molecule has 1 aromatic heterocycles. The first kappa shape index (κ1) is 25.4. The lowest BCUT2D eigenvalue weighted by molar-refractivity contribution is -0.268. The summed E-state index contributed by atoms with van der Waals surface area (Å²) in [6, 6.07) is 21.7. The van der Waals surface area contributed by atoms with Gasteiger partial charge in [0.1, 0.15) is 6.33 Å². The number of anilines is 1. The van der Waals surface area contributed by atoms with Crippen molar-refractivity contribution in [2.75, 3.05) is 10.7 Å². The molecule has 0 radical (unpaired) electrons. The SMILES string of the molecule is CC1C(CSc2ncn[nH]2)OC(c2cccc(N3C(=O)c4ccccc4C3=O)c2)OC1c1ccc(CO)cc1. The molecule has 1 fully saturated rings. The number of aliphatic hydroxyl groups excluding tert-OH is 1. The number of aromatic nitrogens is 3. The highest BCUT2D eigenvalue weighted by atomic mass is 32.2. The van der Waals surface area contributed by atoms with E-state index in [1.54, 1.807) is 42.5 Å². The average Bonchev–Trinajstić information content (AvgIpc) is 3.59. The van der Waals surface area contributed by atoms with Crippen LogP contribution in [-0.4, -0.2) is 44.0 Å². The number of aliphatic hydroxyl groups is 1. The summed E-state index contributed by atoms with van der Waals surface area (Å²) in [5.74, 6) is -0.0966. The zero-order valence-corrected chi connectivity index (χ0v) is 21.9. The summed E-state index contributed by atoms with van der Waals surface area (Å²) in [5.41, 5.74) is 3.73. The van der Waals surface area contributed by atoms with Crippen LogP contribution in [0.15, 0.2) is 84.3 Å². The van der Waals surface area contributed by atoms with Gasteiger partial charge in [-0.2, -0.15) is 5.10 Å². The average molecular weight is 543 g/mol. The van der Waals surface area contributed by atoms with E-state index < -0.39 is 6.29 Å². The van der Waals surface area contributed by atoms with E-state index in [-0.39, 0.29) is 36.5 Å². The third-order valence-electron chi connectivity index (χ3n) is 7.10. The highest BCUT2D eigenvalue weighted by Crippen LogP contribution is 2.43. The molecule has 2 aliphatic rings. The number of rotatable bonds is 7. The maximum absolute atomic E-state index is 13.1. The number of H-pyrrole nitrogens is 1. The van der Waals surface area contributed by atoms with Crippen LogP contribution in [0.25, 0.3) is 0 Å². The molecular weight excluding hydrogens is 516 g/mol. The molecule has 1 saturated heterocycles. The summed E-state index contributed by atoms with van der Waals surface area (Å²) < 4.78 is 13.0. The lowest BCUT2D eigenvalue weighted by Gasteiger charge is -2.41. The van der Waals surface area contributed by atoms with Crippen molar-refractivity contribution < 1.29 is 24.2 Å². The molecular formula is C29H26N4O5S. The van der Waals surface area contributed by atoms with Crippen LogP contribution in [0.1, 0.15) is 56.7 Å². The number of thioether (sulfide) groups is 1. The Morgan fingerprint density at radius 1 is 0.949 bits per heavy atom. The molecule has 2 aliphatic heterocycles. The van der Waals surface area contributed by atoms with Crippen LogP contribution in [0.4, 0.5) is 5.69 Å². The van der Waals surface area contributed by atoms with Gasteiger partial charge in [0.15, 0.2) is 11.4 Å². The first-order valence-corrected chi connectivity index (χ1v) is 13.6. The molecule has 6 rings (SSSR count). The molecule has 4 aromatic rings. The summed E-state index contributed by atoms with van der Waals surface area (Å²) in [4.78, 5) is 31.6. The highest BCUT2D eigenvalue weighted by molar-refractivity contribution is 7.99. The molecule has 2 amide bonds. The molecule has 39 heavy (non-hydrogen) atoms. The van der Waals surface area contributed by atoms with Gasteiger partial charge in [-0.15, -0.1) is 0 Å². The summed E-state index contributed by atoms with van der Waals surface area (Å²) in [7, 11) is 0. The van der Waals surface area contributed by atoms with Crippen molar-refractivity contribution in [2.45, 2.75) is 37.2 Å². The van der Waals surface area contributed by atoms with E-state index in [2.05, 4.69) is 22.1 Å². The Labute approximate surface area is 229 Å². The van der Waals surface area contributed by atoms with Gasteiger partial charge in [-0.25, -0.2) is 9.88 Å². The molecule has 10 heteroatoms. The highest BCUT2D eigenvalue weighted by Gasteiger charge is 2.40. The first-order chi connectivity index (χ1) is 19.0. The molecule has 3 heterocycles. The molecule has 4 atom stereocenters. The van der Waals surface area contributed by atoms with Crippen LogP contribution in [-0.2, 0) is 16.1 Å². The molecule has 198 valence electrons. The summed E-state index contributed by atoms with van der Waals surface area (Å²) >= 11 is 1.51. The van der Waals surface area contributed by atoms with Gasteiger partial charge in [0.25, 0.3) is 11.8 Å². The minimum atomic E-state index is -0.737. The number of fused-ring (bicyclic) bond motifs is 1. The van der Waals surface area contributed by atoms with E-state index in [1.165, 1.54) is 23.0 Å². The smallest absolute Gasteiger partial charge is 0.266 e. The van der Waals surface area contributed by atoms with Gasteiger partial charge >= 0.3 is 0 Å². The number of hydrogen-bond donors (Lipinski definition) is 2. The van der Waals surface area contributed by atoms with E-state index >= 15 is 0 Å². The second-order valence-electron chi connectivity index (χ2n) is 9.51.